The van der Waals surface area contributed by atoms with Gasteiger partial charge in [0.1, 0.15) is 10.7 Å². The van der Waals surface area contributed by atoms with E-state index in [9.17, 15) is 12.8 Å². The summed E-state index contributed by atoms with van der Waals surface area (Å²) in [5.41, 5.74) is 1.49. The summed E-state index contributed by atoms with van der Waals surface area (Å²) in [6.07, 6.45) is 1.49. The number of benzene rings is 2. The lowest BCUT2D eigenvalue weighted by atomic mass is 10.2. The summed E-state index contributed by atoms with van der Waals surface area (Å²) in [5, 5.41) is 5.82. The van der Waals surface area contributed by atoms with Crippen molar-refractivity contribution in [2.45, 2.75) is 11.4 Å². The highest BCUT2D eigenvalue weighted by molar-refractivity contribution is 7.89. The Hall–Kier alpha value is -2.18. The van der Waals surface area contributed by atoms with Gasteiger partial charge in [0.25, 0.3) is 0 Å². The molecule has 0 unspecified atom stereocenters. The van der Waals surface area contributed by atoms with Crippen LogP contribution < -0.4 is 5.14 Å². The van der Waals surface area contributed by atoms with E-state index in [1.807, 2.05) is 12.1 Å². The molecule has 0 spiro atoms. The van der Waals surface area contributed by atoms with Crippen LogP contribution in [0.15, 0.2) is 59.6 Å². The zero-order valence-electron chi connectivity index (χ0n) is 11.0. The number of hydrogen-bond donors (Lipinski definition) is 1. The fourth-order valence-electron chi connectivity index (χ4n) is 2.40. The van der Waals surface area contributed by atoms with Crippen molar-refractivity contribution < 1.29 is 12.8 Å². The van der Waals surface area contributed by atoms with Crippen molar-refractivity contribution in [2.24, 2.45) is 5.14 Å². The van der Waals surface area contributed by atoms with E-state index in [2.05, 4.69) is 0 Å². The lowest BCUT2D eigenvalue weighted by Crippen LogP contribution is -2.11. The Balaban J connectivity index is 2.15. The molecule has 0 saturated heterocycles. The van der Waals surface area contributed by atoms with Gasteiger partial charge in [-0.2, -0.15) is 0 Å². The first-order chi connectivity index (χ1) is 9.95. The van der Waals surface area contributed by atoms with Crippen molar-refractivity contribution in [3.63, 3.8) is 0 Å². The van der Waals surface area contributed by atoms with E-state index in [1.165, 1.54) is 18.3 Å². The normalized spacial score (nSPS) is 11.9. The third-order valence-corrected chi connectivity index (χ3v) is 4.24. The number of nitrogens with two attached hydrogens (primary N) is 1. The Morgan fingerprint density at radius 3 is 2.57 bits per heavy atom. The maximum Gasteiger partial charge on any atom is 0.240 e. The monoisotopic (exact) mass is 304 g/mol. The second-order valence-electron chi connectivity index (χ2n) is 4.81. The predicted molar refractivity (Wildman–Crippen MR) is 78.8 cm³/mol. The molecule has 0 aliphatic heterocycles. The molecule has 0 aliphatic carbocycles. The summed E-state index contributed by atoms with van der Waals surface area (Å²) in [4.78, 5) is 0.0782. The van der Waals surface area contributed by atoms with Crippen LogP contribution in [0.5, 0.6) is 0 Å². The number of primary sulfonamides is 1. The van der Waals surface area contributed by atoms with Crippen LogP contribution in [-0.4, -0.2) is 13.0 Å². The van der Waals surface area contributed by atoms with Crippen LogP contribution in [0, 0.1) is 5.82 Å². The molecule has 0 atom stereocenters. The van der Waals surface area contributed by atoms with Gasteiger partial charge in [-0.3, -0.25) is 0 Å². The van der Waals surface area contributed by atoms with E-state index in [4.69, 9.17) is 5.14 Å². The number of fused-ring (bicyclic) bond motifs is 1. The SMILES string of the molecule is NS(=O)(=O)c1cn(Cc2cccc(F)c2)c2ccccc12. The van der Waals surface area contributed by atoms with Crippen molar-refractivity contribution in [1.82, 2.24) is 4.57 Å². The van der Waals surface area contributed by atoms with Crippen LogP contribution in [0.1, 0.15) is 5.56 Å². The summed E-state index contributed by atoms with van der Waals surface area (Å²) in [6, 6.07) is 13.3. The Bertz CT molecular complexity index is 916. The Morgan fingerprint density at radius 2 is 1.86 bits per heavy atom. The van der Waals surface area contributed by atoms with Crippen molar-refractivity contribution in [3.8, 4) is 0 Å². The molecule has 108 valence electrons. The first-order valence-corrected chi connectivity index (χ1v) is 7.85. The third-order valence-electron chi connectivity index (χ3n) is 3.30. The molecule has 3 rings (SSSR count). The average molecular weight is 304 g/mol. The maximum absolute atomic E-state index is 13.3. The molecule has 2 aromatic carbocycles. The number of para-hydroxylation sites is 1. The summed E-state index contributed by atoms with van der Waals surface area (Å²) in [7, 11) is -3.80. The summed E-state index contributed by atoms with van der Waals surface area (Å²) < 4.78 is 38.3. The Labute approximate surface area is 121 Å². The predicted octanol–water partition coefficient (Wildman–Crippen LogP) is 2.48. The molecule has 4 nitrogen and oxygen atoms in total. The van der Waals surface area contributed by atoms with E-state index in [0.29, 0.717) is 11.9 Å². The van der Waals surface area contributed by atoms with Gasteiger partial charge in [-0.25, -0.2) is 17.9 Å². The maximum atomic E-state index is 13.3. The van der Waals surface area contributed by atoms with E-state index < -0.39 is 10.0 Å². The molecule has 2 N–H and O–H groups in total. The van der Waals surface area contributed by atoms with Gasteiger partial charge in [-0.1, -0.05) is 30.3 Å². The first kappa shape index (κ1) is 13.8. The van der Waals surface area contributed by atoms with Gasteiger partial charge in [0.2, 0.25) is 10.0 Å². The van der Waals surface area contributed by atoms with Gasteiger partial charge in [0.05, 0.1) is 0 Å². The largest absolute Gasteiger partial charge is 0.342 e. The molecule has 3 aromatic rings. The zero-order chi connectivity index (χ0) is 15.0. The molecule has 1 aromatic heterocycles. The van der Waals surface area contributed by atoms with Gasteiger partial charge in [0.15, 0.2) is 0 Å². The second kappa shape index (κ2) is 4.98. The van der Waals surface area contributed by atoms with E-state index in [1.54, 1.807) is 28.8 Å². The Morgan fingerprint density at radius 1 is 1.10 bits per heavy atom. The van der Waals surface area contributed by atoms with Gasteiger partial charge >= 0.3 is 0 Å². The molecular formula is C15H13FN2O2S. The van der Waals surface area contributed by atoms with Crippen LogP contribution >= 0.6 is 0 Å². The van der Waals surface area contributed by atoms with Gasteiger partial charge < -0.3 is 4.57 Å². The van der Waals surface area contributed by atoms with Crippen molar-refractivity contribution in [3.05, 3.63) is 66.1 Å². The van der Waals surface area contributed by atoms with E-state index in [0.717, 1.165) is 11.1 Å². The molecule has 1 heterocycles. The molecule has 0 bridgehead atoms. The van der Waals surface area contributed by atoms with E-state index in [-0.39, 0.29) is 10.7 Å². The summed E-state index contributed by atoms with van der Waals surface area (Å²) in [5.74, 6) is -0.323. The van der Waals surface area contributed by atoms with Gasteiger partial charge in [-0.05, 0) is 23.8 Å². The molecule has 0 amide bonds. The van der Waals surface area contributed by atoms with Crippen LogP contribution in [0.4, 0.5) is 4.39 Å². The molecule has 0 aliphatic rings. The standard InChI is InChI=1S/C15H13FN2O2S/c16-12-5-3-4-11(8-12)9-18-10-15(21(17,19)20)13-6-1-2-7-14(13)18/h1-8,10H,9H2,(H2,17,19,20). The molecule has 21 heavy (non-hydrogen) atoms. The average Bonchev–Trinajstić information content (AvgIpc) is 2.78. The smallest absolute Gasteiger partial charge is 0.240 e. The molecule has 0 fully saturated rings. The van der Waals surface area contributed by atoms with Crippen LogP contribution in [0.25, 0.3) is 10.9 Å². The van der Waals surface area contributed by atoms with Crippen molar-refractivity contribution >= 4 is 20.9 Å². The van der Waals surface area contributed by atoms with Gasteiger partial charge in [0, 0.05) is 23.6 Å². The Kier molecular flexibility index (Phi) is 3.27. The lowest BCUT2D eigenvalue weighted by Gasteiger charge is -2.05. The second-order valence-corrected chi connectivity index (χ2v) is 6.34. The number of aromatic nitrogens is 1. The molecule has 0 saturated carbocycles. The minimum absolute atomic E-state index is 0.0782. The number of nitrogens with zero attached hydrogens (tertiary/aromatic N) is 1. The lowest BCUT2D eigenvalue weighted by molar-refractivity contribution is 0.598. The van der Waals surface area contributed by atoms with Crippen molar-refractivity contribution in [1.29, 1.82) is 0 Å². The number of rotatable bonds is 3. The van der Waals surface area contributed by atoms with E-state index >= 15 is 0 Å². The zero-order valence-corrected chi connectivity index (χ0v) is 11.8. The fraction of sp³-hybridized carbons (Fsp3) is 0.0667. The first-order valence-electron chi connectivity index (χ1n) is 6.30. The molecular weight excluding hydrogens is 291 g/mol. The highest BCUT2D eigenvalue weighted by atomic mass is 32.2. The van der Waals surface area contributed by atoms with Crippen molar-refractivity contribution in [2.75, 3.05) is 0 Å². The van der Waals surface area contributed by atoms with Crippen LogP contribution in [-0.2, 0) is 16.6 Å². The highest BCUT2D eigenvalue weighted by Gasteiger charge is 2.16. The quantitative estimate of drug-likeness (QED) is 0.808. The number of hydrogen-bond acceptors (Lipinski definition) is 2. The van der Waals surface area contributed by atoms with Crippen LogP contribution in [0.2, 0.25) is 0 Å². The summed E-state index contributed by atoms with van der Waals surface area (Å²) >= 11 is 0. The highest BCUT2D eigenvalue weighted by Crippen LogP contribution is 2.25. The topological polar surface area (TPSA) is 65.1 Å². The minimum Gasteiger partial charge on any atom is -0.342 e. The van der Waals surface area contributed by atoms with Gasteiger partial charge in [-0.15, -0.1) is 0 Å². The number of sulfonamides is 1. The number of halogens is 1. The fourth-order valence-corrected chi connectivity index (χ4v) is 3.16. The minimum atomic E-state index is -3.80. The third kappa shape index (κ3) is 2.68. The van der Waals surface area contributed by atoms with Crippen LogP contribution in [0.3, 0.4) is 0 Å². The molecule has 0 radical (unpaired) electrons. The molecule has 6 heteroatoms. The summed E-state index contributed by atoms with van der Waals surface area (Å²) in [6.45, 7) is 0.369.